The highest BCUT2D eigenvalue weighted by Crippen LogP contribution is 2.13. The molecule has 0 saturated heterocycles. The molecule has 0 spiro atoms. The van der Waals surface area contributed by atoms with E-state index in [4.69, 9.17) is 5.73 Å². The van der Waals surface area contributed by atoms with Gasteiger partial charge in [-0.1, -0.05) is 60.7 Å². The molecule has 0 aliphatic carbocycles. The van der Waals surface area contributed by atoms with Crippen LogP contribution in [0.15, 0.2) is 83.8 Å². The number of nitrogens with two attached hydrogens (primary N) is 1. The van der Waals surface area contributed by atoms with Gasteiger partial charge in [-0.05, 0) is 22.8 Å². The third kappa shape index (κ3) is 4.46. The van der Waals surface area contributed by atoms with Gasteiger partial charge in [0.2, 0.25) is 5.91 Å². The summed E-state index contributed by atoms with van der Waals surface area (Å²) in [5.74, 6) is -0.406. The molecular weight excluding hydrogens is 326 g/mol. The van der Waals surface area contributed by atoms with Crippen molar-refractivity contribution >= 4 is 5.91 Å². The van der Waals surface area contributed by atoms with Crippen LogP contribution in [-0.2, 0) is 17.9 Å². The van der Waals surface area contributed by atoms with Gasteiger partial charge in [0.1, 0.15) is 6.04 Å². The zero-order valence-corrected chi connectivity index (χ0v) is 14.3. The fourth-order valence-corrected chi connectivity index (χ4v) is 2.80. The first-order valence-electron chi connectivity index (χ1n) is 8.44. The normalized spacial score (nSPS) is 11.8. The van der Waals surface area contributed by atoms with Crippen molar-refractivity contribution in [2.75, 3.05) is 0 Å². The molecule has 0 fully saturated rings. The molecule has 5 nitrogen and oxygen atoms in total. The molecule has 2 aromatic carbocycles. The number of nitrogens with one attached hydrogen (secondary N) is 1. The molecule has 1 amide bonds. The van der Waals surface area contributed by atoms with Gasteiger partial charge in [0.05, 0.1) is 6.54 Å². The number of primary amides is 1. The number of carbonyl (C=O) groups is 1. The Morgan fingerprint density at radius 3 is 2.23 bits per heavy atom. The van der Waals surface area contributed by atoms with E-state index in [1.54, 1.807) is 22.9 Å². The lowest BCUT2D eigenvalue weighted by Crippen LogP contribution is -2.33. The molecule has 1 heterocycles. The van der Waals surface area contributed by atoms with Crippen LogP contribution in [-0.4, -0.2) is 10.5 Å². The van der Waals surface area contributed by atoms with Crippen molar-refractivity contribution in [1.29, 1.82) is 0 Å². The molecule has 0 radical (unpaired) electrons. The van der Waals surface area contributed by atoms with Crippen LogP contribution < -0.4 is 16.6 Å². The molecule has 0 bridgehead atoms. The number of pyridine rings is 1. The molecule has 0 saturated carbocycles. The highest BCUT2D eigenvalue weighted by Gasteiger charge is 2.16. The number of rotatable bonds is 7. The van der Waals surface area contributed by atoms with Gasteiger partial charge < -0.3 is 10.3 Å². The van der Waals surface area contributed by atoms with Crippen molar-refractivity contribution in [1.82, 2.24) is 9.88 Å². The lowest BCUT2D eigenvalue weighted by molar-refractivity contribution is -0.120. The van der Waals surface area contributed by atoms with Gasteiger partial charge in [-0.2, -0.15) is 0 Å². The summed E-state index contributed by atoms with van der Waals surface area (Å²) in [4.78, 5) is 23.5. The van der Waals surface area contributed by atoms with Crippen molar-refractivity contribution < 1.29 is 4.79 Å². The summed E-state index contributed by atoms with van der Waals surface area (Å²) in [6.45, 7) is 1.05. The lowest BCUT2D eigenvalue weighted by Gasteiger charge is -2.16. The van der Waals surface area contributed by atoms with Gasteiger partial charge in [0.25, 0.3) is 5.56 Å². The van der Waals surface area contributed by atoms with E-state index < -0.39 is 11.9 Å². The predicted octanol–water partition coefficient (Wildman–Crippen LogP) is 2.21. The number of hydrogen-bond donors (Lipinski definition) is 2. The maximum absolute atomic E-state index is 11.8. The predicted molar refractivity (Wildman–Crippen MR) is 101 cm³/mol. The second-order valence-electron chi connectivity index (χ2n) is 6.11. The van der Waals surface area contributed by atoms with E-state index in [2.05, 4.69) is 5.32 Å². The van der Waals surface area contributed by atoms with Crippen LogP contribution in [0.3, 0.4) is 0 Å². The SMILES string of the molecule is NC(=O)[C@@H](NCc1ccc(Cn2ccccc2=O)cc1)c1ccccc1. The number of aromatic nitrogens is 1. The molecular formula is C21H21N3O2. The second kappa shape index (κ2) is 8.27. The molecule has 3 aromatic rings. The van der Waals surface area contributed by atoms with Gasteiger partial charge >= 0.3 is 0 Å². The minimum Gasteiger partial charge on any atom is -0.368 e. The summed E-state index contributed by atoms with van der Waals surface area (Å²) in [5.41, 5.74) is 8.42. The van der Waals surface area contributed by atoms with Crippen molar-refractivity contribution in [3.8, 4) is 0 Å². The first-order chi connectivity index (χ1) is 12.6. The third-order valence-corrected chi connectivity index (χ3v) is 4.20. The Kier molecular flexibility index (Phi) is 5.61. The van der Waals surface area contributed by atoms with Gasteiger partial charge in [0, 0.05) is 18.8 Å². The largest absolute Gasteiger partial charge is 0.368 e. The van der Waals surface area contributed by atoms with E-state index in [0.29, 0.717) is 13.1 Å². The van der Waals surface area contributed by atoms with Crippen molar-refractivity contribution in [3.63, 3.8) is 0 Å². The van der Waals surface area contributed by atoms with Gasteiger partial charge in [-0.15, -0.1) is 0 Å². The standard InChI is InChI=1S/C21H21N3O2/c22-21(26)20(18-6-2-1-3-7-18)23-14-16-9-11-17(12-10-16)15-24-13-5-4-8-19(24)25/h1-13,20,23H,14-15H2,(H2,22,26)/t20-/m0/s1. The molecule has 0 unspecified atom stereocenters. The van der Waals surface area contributed by atoms with Gasteiger partial charge in [0.15, 0.2) is 0 Å². The van der Waals surface area contributed by atoms with Crippen LogP contribution in [0.2, 0.25) is 0 Å². The van der Waals surface area contributed by atoms with E-state index in [9.17, 15) is 9.59 Å². The summed E-state index contributed by atoms with van der Waals surface area (Å²) in [7, 11) is 0. The number of carbonyl (C=O) groups excluding carboxylic acids is 1. The van der Waals surface area contributed by atoms with E-state index in [-0.39, 0.29) is 5.56 Å². The Balaban J connectivity index is 1.64. The van der Waals surface area contributed by atoms with E-state index in [1.165, 1.54) is 0 Å². The number of hydrogen-bond acceptors (Lipinski definition) is 3. The van der Waals surface area contributed by atoms with Crippen LogP contribution in [0.1, 0.15) is 22.7 Å². The summed E-state index contributed by atoms with van der Waals surface area (Å²) >= 11 is 0. The maximum Gasteiger partial charge on any atom is 0.250 e. The van der Waals surface area contributed by atoms with Crippen LogP contribution in [0, 0.1) is 0 Å². The Hall–Kier alpha value is -3.18. The Morgan fingerprint density at radius 2 is 1.58 bits per heavy atom. The first kappa shape index (κ1) is 17.6. The lowest BCUT2D eigenvalue weighted by atomic mass is 10.1. The summed E-state index contributed by atoms with van der Waals surface area (Å²) in [5, 5.41) is 3.20. The zero-order chi connectivity index (χ0) is 18.4. The monoisotopic (exact) mass is 347 g/mol. The van der Waals surface area contributed by atoms with Gasteiger partial charge in [-0.3, -0.25) is 14.9 Å². The summed E-state index contributed by atoms with van der Waals surface area (Å²) in [6, 6.07) is 22.0. The fourth-order valence-electron chi connectivity index (χ4n) is 2.80. The maximum atomic E-state index is 11.8. The minimum absolute atomic E-state index is 0.0228. The van der Waals surface area contributed by atoms with Crippen LogP contribution in [0.4, 0.5) is 0 Å². The summed E-state index contributed by atoms with van der Waals surface area (Å²) < 4.78 is 1.66. The number of benzene rings is 2. The van der Waals surface area contributed by atoms with Crippen LogP contribution in [0.25, 0.3) is 0 Å². The highest BCUT2D eigenvalue weighted by molar-refractivity contribution is 5.81. The fraction of sp³-hybridized carbons (Fsp3) is 0.143. The number of nitrogens with zero attached hydrogens (tertiary/aromatic N) is 1. The molecule has 5 heteroatoms. The molecule has 0 aliphatic heterocycles. The molecule has 26 heavy (non-hydrogen) atoms. The molecule has 3 N–H and O–H groups in total. The van der Waals surface area contributed by atoms with E-state index in [0.717, 1.165) is 16.7 Å². The quantitative estimate of drug-likeness (QED) is 0.688. The second-order valence-corrected chi connectivity index (χ2v) is 6.11. The van der Waals surface area contributed by atoms with Crippen LogP contribution >= 0.6 is 0 Å². The number of amides is 1. The Morgan fingerprint density at radius 1 is 0.923 bits per heavy atom. The van der Waals surface area contributed by atoms with Crippen molar-refractivity contribution in [2.24, 2.45) is 5.73 Å². The molecule has 3 rings (SSSR count). The smallest absolute Gasteiger partial charge is 0.250 e. The molecule has 1 atom stereocenters. The van der Waals surface area contributed by atoms with Crippen molar-refractivity contribution in [3.05, 3.63) is 106 Å². The Bertz CT molecular complexity index is 918. The van der Waals surface area contributed by atoms with E-state index in [1.807, 2.05) is 60.7 Å². The van der Waals surface area contributed by atoms with Crippen LogP contribution in [0.5, 0.6) is 0 Å². The van der Waals surface area contributed by atoms with E-state index >= 15 is 0 Å². The average Bonchev–Trinajstić information content (AvgIpc) is 2.66. The molecule has 1 aromatic heterocycles. The first-order valence-corrected chi connectivity index (χ1v) is 8.44. The highest BCUT2D eigenvalue weighted by atomic mass is 16.1. The van der Waals surface area contributed by atoms with Gasteiger partial charge in [-0.25, -0.2) is 0 Å². The van der Waals surface area contributed by atoms with Crippen molar-refractivity contribution in [2.45, 2.75) is 19.1 Å². The average molecular weight is 347 g/mol. The zero-order valence-electron chi connectivity index (χ0n) is 14.3. The third-order valence-electron chi connectivity index (χ3n) is 4.20. The molecule has 132 valence electrons. The summed E-state index contributed by atoms with van der Waals surface area (Å²) in [6.07, 6.45) is 1.77. The Labute approximate surface area is 152 Å². The topological polar surface area (TPSA) is 77.1 Å². The minimum atomic E-state index is -0.529. The molecule has 0 aliphatic rings.